The average molecular weight is 519 g/mol. The molecule has 1 amide bonds. The van der Waals surface area contributed by atoms with Gasteiger partial charge in [0.05, 0.1) is 47.6 Å². The first-order valence-corrected chi connectivity index (χ1v) is 11.7. The zero-order valence-electron chi connectivity index (χ0n) is 20.7. The van der Waals surface area contributed by atoms with Crippen LogP contribution in [0.4, 0.5) is 11.6 Å². The van der Waals surface area contributed by atoms with Gasteiger partial charge in [0.2, 0.25) is 12.6 Å². The Morgan fingerprint density at radius 2 is 2.06 bits per heavy atom. The highest BCUT2D eigenvalue weighted by Crippen LogP contribution is 2.31. The van der Waals surface area contributed by atoms with E-state index in [1.807, 2.05) is 47.0 Å². The number of quaternary nitrogens is 1. The maximum atomic E-state index is 12.6. The number of carbonyl (C=O) groups excluding carboxylic acids is 1. The Balaban J connectivity index is 1.76. The van der Waals surface area contributed by atoms with E-state index in [2.05, 4.69) is 32.2 Å². The molecular weight excluding hydrogens is 489 g/mol. The van der Waals surface area contributed by atoms with E-state index in [9.17, 15) is 4.79 Å². The Morgan fingerprint density at radius 3 is 2.71 bits per heavy atom. The lowest BCUT2D eigenvalue weighted by atomic mass is 10.2. The van der Waals surface area contributed by atoms with Gasteiger partial charge in [-0.25, -0.2) is 9.48 Å². The lowest BCUT2D eigenvalue weighted by Crippen LogP contribution is -2.52. The molecule has 2 heterocycles. The van der Waals surface area contributed by atoms with Crippen molar-refractivity contribution in [1.29, 1.82) is 0 Å². The van der Waals surface area contributed by atoms with Crippen molar-refractivity contribution in [2.24, 2.45) is 7.05 Å². The highest BCUT2D eigenvalue weighted by atomic mass is 35.5. The third-order valence-electron chi connectivity index (χ3n) is 5.96. The number of benzene rings is 1. The molecule has 0 aliphatic rings. The second kappa shape index (κ2) is 10.6. The molecule has 0 unspecified atom stereocenters. The summed E-state index contributed by atoms with van der Waals surface area (Å²) in [6.07, 6.45) is 5.09. The molecule has 11 heteroatoms. The fourth-order valence-corrected chi connectivity index (χ4v) is 3.32. The number of aromatic nitrogens is 5. The van der Waals surface area contributed by atoms with Gasteiger partial charge in [0.1, 0.15) is 5.76 Å². The minimum absolute atomic E-state index is 0.0705. The van der Waals surface area contributed by atoms with Crippen molar-refractivity contribution in [2.75, 3.05) is 26.0 Å². The third-order valence-corrected chi connectivity index (χ3v) is 6.55. The van der Waals surface area contributed by atoms with Crippen LogP contribution >= 0.6 is 23.2 Å². The minimum atomic E-state index is -0.118. The average Bonchev–Trinajstić information content (AvgIpc) is 3.42. The van der Waals surface area contributed by atoms with E-state index >= 15 is 0 Å². The zero-order valence-corrected chi connectivity index (χ0v) is 22.2. The second-order valence-electron chi connectivity index (χ2n) is 8.87. The van der Waals surface area contributed by atoms with Crippen LogP contribution in [0, 0.1) is 0 Å². The lowest BCUT2D eigenvalue weighted by molar-refractivity contribution is -0.836. The molecule has 186 valence electrons. The first-order chi connectivity index (χ1) is 16.4. The maximum absolute atomic E-state index is 12.6. The van der Waals surface area contributed by atoms with E-state index in [-0.39, 0.29) is 28.1 Å². The summed E-state index contributed by atoms with van der Waals surface area (Å²) in [5.74, 6) is 1.25. The van der Waals surface area contributed by atoms with Crippen molar-refractivity contribution in [3.8, 4) is 0 Å². The molecule has 1 aromatic carbocycles. The summed E-state index contributed by atoms with van der Waals surface area (Å²) in [5, 5.41) is 16.1. The Hall–Kier alpha value is -3.14. The van der Waals surface area contributed by atoms with Gasteiger partial charge in [-0.05, 0) is 44.6 Å². The predicted molar refractivity (Wildman–Crippen MR) is 140 cm³/mol. The number of anilines is 2. The summed E-state index contributed by atoms with van der Waals surface area (Å²) in [5.41, 5.74) is 2.29. The van der Waals surface area contributed by atoms with Crippen LogP contribution in [-0.4, -0.2) is 62.1 Å². The summed E-state index contributed by atoms with van der Waals surface area (Å²) < 4.78 is 7.49. The van der Waals surface area contributed by atoms with Crippen LogP contribution < -0.4 is 5.32 Å². The highest BCUT2D eigenvalue weighted by molar-refractivity contribution is 6.38. The molecule has 35 heavy (non-hydrogen) atoms. The summed E-state index contributed by atoms with van der Waals surface area (Å²) in [4.78, 5) is 17.1. The number of ether oxygens (including phenoxy) is 1. The number of rotatable bonds is 9. The van der Waals surface area contributed by atoms with E-state index in [4.69, 9.17) is 27.9 Å². The maximum Gasteiger partial charge on any atom is 0.351 e. The Bertz CT molecular complexity index is 1320. The number of amides is 1. The van der Waals surface area contributed by atoms with Crippen molar-refractivity contribution in [2.45, 2.75) is 26.8 Å². The molecule has 2 aromatic heterocycles. The van der Waals surface area contributed by atoms with Crippen LogP contribution in [0.5, 0.6) is 0 Å². The van der Waals surface area contributed by atoms with Gasteiger partial charge < -0.3 is 10.1 Å². The molecule has 0 saturated carbocycles. The molecule has 9 nitrogen and oxygen atoms in total. The van der Waals surface area contributed by atoms with Crippen molar-refractivity contribution >= 4 is 57.2 Å². The third kappa shape index (κ3) is 5.93. The molecule has 0 radical (unpaired) electrons. The van der Waals surface area contributed by atoms with Crippen LogP contribution in [0.25, 0.3) is 16.5 Å². The number of hydrogen-bond acceptors (Lipinski definition) is 6. The minimum Gasteiger partial charge on any atom is -0.478 e. The van der Waals surface area contributed by atoms with Gasteiger partial charge in [-0.3, -0.25) is 9.58 Å². The van der Waals surface area contributed by atoms with Crippen molar-refractivity contribution in [1.82, 2.24) is 25.0 Å². The first-order valence-electron chi connectivity index (χ1n) is 10.9. The predicted octanol–water partition coefficient (Wildman–Crippen LogP) is 5.16. The standard InChI is InChI=1S/C24H30Cl2N7O2/c1-14(2)33(6,7)21(34)13-35-20(16(4)25)11-8-15(3)23-29-24(32(5)31-23)28-19-10-9-18-17(22(19)26)12-27-30-18/h8-12,14H,4,13H2,1-3,5-7H3,(H,27,30)(H,28,29,31)/q+1/b15-8+,20-11+. The number of halogens is 2. The molecule has 0 atom stereocenters. The molecule has 0 bridgehead atoms. The van der Waals surface area contributed by atoms with Crippen LogP contribution in [0.3, 0.4) is 0 Å². The Kier molecular flexibility index (Phi) is 8.04. The highest BCUT2D eigenvalue weighted by Gasteiger charge is 2.30. The summed E-state index contributed by atoms with van der Waals surface area (Å²) in [6, 6.07) is 3.85. The molecule has 3 rings (SSSR count). The molecule has 0 saturated heterocycles. The SMILES string of the molecule is C=C(Cl)/C(=C\C=C(/C)c1nc(Nc2ccc3[nH]ncc3c2Cl)n(C)n1)OCC(=O)[N+](C)(C)C(C)C. The van der Waals surface area contributed by atoms with Crippen molar-refractivity contribution in [3.05, 3.63) is 58.7 Å². The number of nitrogens with one attached hydrogen (secondary N) is 2. The van der Waals surface area contributed by atoms with Crippen LogP contribution in [-0.2, 0) is 16.6 Å². The molecule has 2 N–H and O–H groups in total. The van der Waals surface area contributed by atoms with Crippen molar-refractivity contribution in [3.63, 3.8) is 0 Å². The molecule has 0 aliphatic heterocycles. The number of aromatic amines is 1. The van der Waals surface area contributed by atoms with Crippen LogP contribution in [0.15, 0.2) is 47.9 Å². The molecular formula is C24H30Cl2N7O2+. The number of hydrogen-bond donors (Lipinski definition) is 2. The van der Waals surface area contributed by atoms with E-state index in [1.165, 1.54) is 0 Å². The summed E-state index contributed by atoms with van der Waals surface area (Å²) in [7, 11) is 5.47. The van der Waals surface area contributed by atoms with E-state index in [1.54, 1.807) is 30.1 Å². The number of likely N-dealkylation sites (N-methyl/N-ethyl adjacent to an activating group) is 1. The van der Waals surface area contributed by atoms with Gasteiger partial charge in [-0.2, -0.15) is 10.1 Å². The topological polar surface area (TPSA) is 97.7 Å². The largest absolute Gasteiger partial charge is 0.478 e. The Labute approximate surface area is 214 Å². The number of fused-ring (bicyclic) bond motifs is 1. The number of H-pyrrole nitrogens is 1. The zero-order chi connectivity index (χ0) is 25.9. The van der Waals surface area contributed by atoms with Gasteiger partial charge in [0, 0.05) is 12.4 Å². The van der Waals surface area contributed by atoms with E-state index in [0.717, 1.165) is 16.5 Å². The fourth-order valence-electron chi connectivity index (χ4n) is 2.95. The van der Waals surface area contributed by atoms with Gasteiger partial charge in [0.15, 0.2) is 5.82 Å². The normalized spacial score (nSPS) is 12.9. The quantitative estimate of drug-likeness (QED) is 0.230. The number of carbonyl (C=O) groups is 1. The number of nitrogens with zero attached hydrogens (tertiary/aromatic N) is 5. The first kappa shape index (κ1) is 26.5. The van der Waals surface area contributed by atoms with Gasteiger partial charge >= 0.3 is 5.91 Å². The van der Waals surface area contributed by atoms with Gasteiger partial charge in [0.25, 0.3) is 0 Å². The molecule has 0 spiro atoms. The summed E-state index contributed by atoms with van der Waals surface area (Å²) >= 11 is 12.6. The van der Waals surface area contributed by atoms with Gasteiger partial charge in [-0.15, -0.1) is 5.10 Å². The smallest absolute Gasteiger partial charge is 0.351 e. The lowest BCUT2D eigenvalue weighted by Gasteiger charge is -2.30. The van der Waals surface area contributed by atoms with E-state index in [0.29, 0.717) is 28.2 Å². The summed E-state index contributed by atoms with van der Waals surface area (Å²) in [6.45, 7) is 9.44. The molecule has 3 aromatic rings. The van der Waals surface area contributed by atoms with Gasteiger partial charge in [-0.1, -0.05) is 35.9 Å². The molecule has 0 aliphatic carbocycles. The van der Waals surface area contributed by atoms with E-state index < -0.39 is 0 Å². The van der Waals surface area contributed by atoms with Crippen LogP contribution in [0.1, 0.15) is 26.6 Å². The fraction of sp³-hybridized carbons (Fsp3) is 0.333. The van der Waals surface area contributed by atoms with Crippen LogP contribution in [0.2, 0.25) is 5.02 Å². The second-order valence-corrected chi connectivity index (χ2v) is 9.70. The Morgan fingerprint density at radius 1 is 1.34 bits per heavy atom. The number of aryl methyl sites for hydroxylation is 1. The monoisotopic (exact) mass is 518 g/mol. The van der Waals surface area contributed by atoms with Crippen molar-refractivity contribution < 1.29 is 14.0 Å². The number of allylic oxidation sites excluding steroid dienone is 4. The molecule has 0 fully saturated rings.